The zero-order valence-electron chi connectivity index (χ0n) is 11.3. The zero-order chi connectivity index (χ0) is 15.6. The van der Waals surface area contributed by atoms with Gasteiger partial charge in [-0.1, -0.05) is 35.3 Å². The van der Waals surface area contributed by atoms with Crippen LogP contribution in [0.2, 0.25) is 10.0 Å². The Bertz CT molecular complexity index is 736. The van der Waals surface area contributed by atoms with E-state index in [-0.39, 0.29) is 16.1 Å². The molecule has 1 heterocycles. The Hall–Kier alpha value is -1.78. The fraction of sp³-hybridized carbons (Fsp3) is 0.200. The van der Waals surface area contributed by atoms with Crippen molar-refractivity contribution in [1.29, 1.82) is 0 Å². The number of halogens is 2. The second kappa shape index (κ2) is 6.33. The highest BCUT2D eigenvalue weighted by molar-refractivity contribution is 6.34. The van der Waals surface area contributed by atoms with Crippen LogP contribution in [0.3, 0.4) is 0 Å². The van der Waals surface area contributed by atoms with Crippen LogP contribution in [0.5, 0.6) is 0 Å². The Morgan fingerprint density at radius 2 is 1.81 bits per heavy atom. The van der Waals surface area contributed by atoms with Gasteiger partial charge >= 0.3 is 5.97 Å². The van der Waals surface area contributed by atoms with E-state index in [0.717, 1.165) is 5.56 Å². The Morgan fingerprint density at radius 3 is 2.38 bits per heavy atom. The van der Waals surface area contributed by atoms with Gasteiger partial charge in [0, 0.05) is 12.2 Å². The minimum Gasteiger partial charge on any atom is -0.478 e. The van der Waals surface area contributed by atoms with E-state index >= 15 is 0 Å². The molecule has 6 heteroatoms. The maximum atomic E-state index is 12.0. The third kappa shape index (κ3) is 3.46. The maximum Gasteiger partial charge on any atom is 0.335 e. The predicted octanol–water partition coefficient (Wildman–Crippen LogP) is 3.40. The van der Waals surface area contributed by atoms with E-state index in [9.17, 15) is 9.59 Å². The predicted molar refractivity (Wildman–Crippen MR) is 82.6 cm³/mol. The van der Waals surface area contributed by atoms with Gasteiger partial charge in [0.05, 0.1) is 10.6 Å². The summed E-state index contributed by atoms with van der Waals surface area (Å²) in [6.07, 6.45) is 0.581. The van der Waals surface area contributed by atoms with Gasteiger partial charge in [0.15, 0.2) is 0 Å². The molecule has 0 atom stereocenters. The highest BCUT2D eigenvalue weighted by Crippen LogP contribution is 2.17. The molecule has 0 saturated carbocycles. The molecule has 1 N–H and O–H groups in total. The lowest BCUT2D eigenvalue weighted by Crippen LogP contribution is -2.24. The first kappa shape index (κ1) is 15.6. The minimum atomic E-state index is -0.963. The summed E-state index contributed by atoms with van der Waals surface area (Å²) in [5.41, 5.74) is 1.55. The van der Waals surface area contributed by atoms with Crippen molar-refractivity contribution in [2.45, 2.75) is 19.9 Å². The van der Waals surface area contributed by atoms with Crippen LogP contribution in [-0.2, 0) is 13.0 Å². The van der Waals surface area contributed by atoms with Crippen molar-refractivity contribution in [2.75, 3.05) is 0 Å². The molecule has 1 aromatic heterocycles. The van der Waals surface area contributed by atoms with E-state index in [0.29, 0.717) is 23.7 Å². The van der Waals surface area contributed by atoms with E-state index in [1.165, 1.54) is 22.8 Å². The first-order valence-electron chi connectivity index (χ1n) is 6.28. The second-order valence-corrected chi connectivity index (χ2v) is 5.45. The van der Waals surface area contributed by atoms with Crippen LogP contribution in [0.4, 0.5) is 0 Å². The smallest absolute Gasteiger partial charge is 0.335 e. The fourth-order valence-corrected chi connectivity index (χ4v) is 2.49. The van der Waals surface area contributed by atoms with Crippen LogP contribution in [-0.4, -0.2) is 15.6 Å². The summed E-state index contributed by atoms with van der Waals surface area (Å²) in [7, 11) is 0. The average Bonchev–Trinajstić information content (AvgIpc) is 2.45. The summed E-state index contributed by atoms with van der Waals surface area (Å²) >= 11 is 11.9. The molecule has 0 fully saturated rings. The number of carboxylic acids is 1. The largest absolute Gasteiger partial charge is 0.478 e. The van der Waals surface area contributed by atoms with Crippen molar-refractivity contribution < 1.29 is 9.90 Å². The van der Waals surface area contributed by atoms with E-state index in [2.05, 4.69) is 0 Å². The van der Waals surface area contributed by atoms with Crippen LogP contribution >= 0.6 is 23.2 Å². The quantitative estimate of drug-likeness (QED) is 0.937. The number of pyridine rings is 1. The lowest BCUT2D eigenvalue weighted by atomic mass is 10.1. The number of benzene rings is 1. The average molecular weight is 326 g/mol. The van der Waals surface area contributed by atoms with Gasteiger partial charge in [-0.25, -0.2) is 4.79 Å². The molecule has 0 spiro atoms. The monoisotopic (exact) mass is 325 g/mol. The van der Waals surface area contributed by atoms with Crippen LogP contribution < -0.4 is 5.56 Å². The van der Waals surface area contributed by atoms with E-state index in [4.69, 9.17) is 28.3 Å². The maximum absolute atomic E-state index is 12.0. The molecule has 0 unspecified atom stereocenters. The Morgan fingerprint density at radius 1 is 1.19 bits per heavy atom. The zero-order valence-corrected chi connectivity index (χ0v) is 12.8. The molecule has 2 rings (SSSR count). The summed E-state index contributed by atoms with van der Waals surface area (Å²) in [6, 6.07) is 7.99. The van der Waals surface area contributed by atoms with Gasteiger partial charge in [0.1, 0.15) is 5.02 Å². The Balaban J connectivity index is 2.20. The third-order valence-electron chi connectivity index (χ3n) is 3.28. The SMILES string of the molecule is Cc1c(Cl)cc(Cl)c(=O)n1CCc1ccc(C(=O)O)cc1. The Labute approximate surface area is 131 Å². The van der Waals surface area contributed by atoms with Crippen molar-refractivity contribution in [2.24, 2.45) is 0 Å². The normalized spacial score (nSPS) is 10.6. The Kier molecular flexibility index (Phi) is 4.70. The van der Waals surface area contributed by atoms with Gasteiger partial charge < -0.3 is 9.67 Å². The van der Waals surface area contributed by atoms with Gasteiger partial charge in [-0.15, -0.1) is 0 Å². The molecular formula is C15H13Cl2NO3. The van der Waals surface area contributed by atoms with Crippen molar-refractivity contribution >= 4 is 29.2 Å². The number of carbonyl (C=O) groups is 1. The summed E-state index contributed by atoms with van der Waals surface area (Å²) in [4.78, 5) is 22.8. The summed E-state index contributed by atoms with van der Waals surface area (Å²) in [6.45, 7) is 2.19. The van der Waals surface area contributed by atoms with Crippen molar-refractivity contribution in [3.63, 3.8) is 0 Å². The lowest BCUT2D eigenvalue weighted by molar-refractivity contribution is 0.0697. The first-order valence-corrected chi connectivity index (χ1v) is 7.03. The van der Waals surface area contributed by atoms with Gasteiger partial charge in [-0.05, 0) is 37.1 Å². The number of nitrogens with zero attached hydrogens (tertiary/aromatic N) is 1. The number of aromatic carboxylic acids is 1. The lowest BCUT2D eigenvalue weighted by Gasteiger charge is -2.12. The molecule has 0 amide bonds. The topological polar surface area (TPSA) is 59.3 Å². The molecule has 0 bridgehead atoms. The highest BCUT2D eigenvalue weighted by Gasteiger charge is 2.09. The number of carboxylic acid groups (broad SMARTS) is 1. The molecule has 1 aromatic carbocycles. The van der Waals surface area contributed by atoms with Crippen molar-refractivity contribution in [1.82, 2.24) is 4.57 Å². The molecule has 0 aliphatic carbocycles. The van der Waals surface area contributed by atoms with E-state index < -0.39 is 5.97 Å². The third-order valence-corrected chi connectivity index (χ3v) is 3.93. The second-order valence-electron chi connectivity index (χ2n) is 4.63. The van der Waals surface area contributed by atoms with Crippen LogP contribution in [0.15, 0.2) is 35.1 Å². The summed E-state index contributed by atoms with van der Waals surface area (Å²) in [5, 5.41) is 9.38. The fourth-order valence-electron chi connectivity index (χ4n) is 2.01. The van der Waals surface area contributed by atoms with Crippen LogP contribution in [0.1, 0.15) is 21.6 Å². The number of aryl methyl sites for hydroxylation is 1. The molecule has 21 heavy (non-hydrogen) atoms. The molecule has 0 aliphatic rings. The first-order chi connectivity index (χ1) is 9.90. The van der Waals surface area contributed by atoms with Crippen LogP contribution in [0, 0.1) is 6.92 Å². The van der Waals surface area contributed by atoms with Crippen molar-refractivity contribution in [3.05, 3.63) is 67.6 Å². The number of hydrogen-bond donors (Lipinski definition) is 1. The van der Waals surface area contributed by atoms with E-state index in [1.807, 2.05) is 0 Å². The highest BCUT2D eigenvalue weighted by atomic mass is 35.5. The standard InChI is InChI=1S/C15H13Cl2NO3/c1-9-12(16)8-13(17)14(19)18(9)7-6-10-2-4-11(5-3-10)15(20)21/h2-5,8H,6-7H2,1H3,(H,20,21). The van der Waals surface area contributed by atoms with Gasteiger partial charge in [-0.3, -0.25) is 4.79 Å². The van der Waals surface area contributed by atoms with Crippen molar-refractivity contribution in [3.8, 4) is 0 Å². The number of rotatable bonds is 4. The molecule has 0 radical (unpaired) electrons. The van der Waals surface area contributed by atoms with Crippen LogP contribution in [0.25, 0.3) is 0 Å². The molecule has 2 aromatic rings. The van der Waals surface area contributed by atoms with Gasteiger partial charge in [0.2, 0.25) is 0 Å². The molecule has 4 nitrogen and oxygen atoms in total. The van der Waals surface area contributed by atoms with Gasteiger partial charge in [-0.2, -0.15) is 0 Å². The number of aromatic nitrogens is 1. The molecule has 0 saturated heterocycles. The van der Waals surface area contributed by atoms with E-state index in [1.54, 1.807) is 19.1 Å². The summed E-state index contributed by atoms with van der Waals surface area (Å²) < 4.78 is 1.52. The van der Waals surface area contributed by atoms with Gasteiger partial charge in [0.25, 0.3) is 5.56 Å². The number of hydrogen-bond acceptors (Lipinski definition) is 2. The molecule has 0 aliphatic heterocycles. The summed E-state index contributed by atoms with van der Waals surface area (Å²) in [5.74, 6) is -0.963. The minimum absolute atomic E-state index is 0.0897. The molecular weight excluding hydrogens is 313 g/mol. The molecule has 110 valence electrons.